The Morgan fingerprint density at radius 1 is 1.00 bits per heavy atom. The van der Waals surface area contributed by atoms with Crippen LogP contribution in [-0.2, 0) is 0 Å². The molecule has 19 heavy (non-hydrogen) atoms. The Morgan fingerprint density at radius 3 is 2.58 bits per heavy atom. The number of aromatic amines is 1. The number of aromatic nitrogens is 1. The van der Waals surface area contributed by atoms with E-state index in [4.69, 9.17) is 0 Å². The zero-order chi connectivity index (χ0) is 13.1. The Kier molecular flexibility index (Phi) is 3.49. The molecule has 0 amide bonds. The number of para-hydroxylation sites is 1. The fraction of sp³-hybridized carbons (Fsp3) is 0.0625. The van der Waals surface area contributed by atoms with E-state index < -0.39 is 0 Å². The van der Waals surface area contributed by atoms with Crippen molar-refractivity contribution in [1.82, 2.24) is 4.98 Å². The van der Waals surface area contributed by atoms with Gasteiger partial charge in [-0.3, -0.25) is 0 Å². The van der Waals surface area contributed by atoms with Gasteiger partial charge in [0.15, 0.2) is 0 Å². The molecule has 2 aromatic carbocycles. The van der Waals surface area contributed by atoms with E-state index in [1.54, 1.807) is 0 Å². The van der Waals surface area contributed by atoms with Crippen molar-refractivity contribution in [1.29, 1.82) is 0 Å². The summed E-state index contributed by atoms with van der Waals surface area (Å²) in [6.07, 6.45) is 1.83. The molecule has 0 spiro atoms. The van der Waals surface area contributed by atoms with E-state index in [-0.39, 0.29) is 20.7 Å². The molecule has 0 aliphatic rings. The Balaban J connectivity index is 1.77. The van der Waals surface area contributed by atoms with Gasteiger partial charge in [0, 0.05) is 0 Å². The van der Waals surface area contributed by atoms with Gasteiger partial charge in [0.05, 0.1) is 0 Å². The number of H-pyrrole nitrogens is 1. The Bertz CT molecular complexity index is 703. The molecule has 1 N–H and O–H groups in total. The standard InChI is InChI=1S/C16H13NOSe/c18-16(11-19-12-6-2-1-3-7-12)14-10-17-15-9-5-4-8-13(14)15/h1-10,17H,11H2. The second-order valence-electron chi connectivity index (χ2n) is 4.27. The van der Waals surface area contributed by atoms with Gasteiger partial charge in [-0.05, 0) is 0 Å². The molecule has 2 nitrogen and oxygen atoms in total. The van der Waals surface area contributed by atoms with Crippen LogP contribution in [0.4, 0.5) is 0 Å². The van der Waals surface area contributed by atoms with Gasteiger partial charge < -0.3 is 0 Å². The van der Waals surface area contributed by atoms with Crippen LogP contribution in [0.25, 0.3) is 10.9 Å². The molecular weight excluding hydrogens is 301 g/mol. The quantitative estimate of drug-likeness (QED) is 0.583. The van der Waals surface area contributed by atoms with Crippen molar-refractivity contribution in [2.45, 2.75) is 5.32 Å². The summed E-state index contributed by atoms with van der Waals surface area (Å²) in [6.45, 7) is 0. The first-order chi connectivity index (χ1) is 9.34. The molecule has 3 aromatic rings. The van der Waals surface area contributed by atoms with Crippen LogP contribution in [0.1, 0.15) is 10.4 Å². The monoisotopic (exact) mass is 315 g/mol. The number of hydrogen-bond donors (Lipinski definition) is 1. The van der Waals surface area contributed by atoms with Gasteiger partial charge in [-0.15, -0.1) is 0 Å². The molecule has 0 atom stereocenters. The molecule has 94 valence electrons. The number of nitrogens with one attached hydrogen (secondary N) is 1. The molecule has 1 aromatic heterocycles. The number of carbonyl (C=O) groups excluding carboxylic acids is 1. The zero-order valence-corrected chi connectivity index (χ0v) is 12.0. The van der Waals surface area contributed by atoms with Crippen molar-refractivity contribution < 1.29 is 4.79 Å². The van der Waals surface area contributed by atoms with Crippen molar-refractivity contribution in [2.24, 2.45) is 0 Å². The van der Waals surface area contributed by atoms with Crippen LogP contribution >= 0.6 is 0 Å². The van der Waals surface area contributed by atoms with Crippen LogP contribution in [0.15, 0.2) is 60.8 Å². The molecule has 0 aliphatic heterocycles. The maximum absolute atomic E-state index is 12.3. The molecule has 0 bridgehead atoms. The van der Waals surface area contributed by atoms with Crippen LogP contribution in [0.3, 0.4) is 0 Å². The summed E-state index contributed by atoms with van der Waals surface area (Å²) in [6, 6.07) is 18.1. The predicted octanol–water partition coefficient (Wildman–Crippen LogP) is 2.80. The Morgan fingerprint density at radius 2 is 1.74 bits per heavy atom. The van der Waals surface area contributed by atoms with Gasteiger partial charge in [-0.2, -0.15) is 0 Å². The van der Waals surface area contributed by atoms with Gasteiger partial charge in [-0.1, -0.05) is 0 Å². The fourth-order valence-corrected chi connectivity index (χ4v) is 3.73. The first kappa shape index (κ1) is 12.2. The Hall–Kier alpha value is -1.83. The molecular formula is C16H13NOSe. The molecule has 0 saturated heterocycles. The minimum atomic E-state index is 0.205. The predicted molar refractivity (Wildman–Crippen MR) is 79.3 cm³/mol. The third-order valence-corrected chi connectivity index (χ3v) is 5.13. The third-order valence-electron chi connectivity index (χ3n) is 3.00. The van der Waals surface area contributed by atoms with Gasteiger partial charge >= 0.3 is 118 Å². The van der Waals surface area contributed by atoms with Crippen molar-refractivity contribution >= 4 is 36.1 Å². The summed E-state index contributed by atoms with van der Waals surface area (Å²) < 4.78 is 1.27. The second kappa shape index (κ2) is 5.43. The van der Waals surface area contributed by atoms with Crippen LogP contribution in [-0.4, -0.2) is 25.7 Å². The number of rotatable bonds is 4. The summed E-state index contributed by atoms with van der Waals surface area (Å²) >= 11 is 0.205. The van der Waals surface area contributed by atoms with Crippen LogP contribution < -0.4 is 4.46 Å². The SMILES string of the molecule is O=C(C[Se]c1ccccc1)c1c[nH]c2ccccc12. The number of benzene rings is 2. The van der Waals surface area contributed by atoms with Gasteiger partial charge in [0.2, 0.25) is 0 Å². The van der Waals surface area contributed by atoms with Crippen LogP contribution in [0, 0.1) is 0 Å². The normalized spacial score (nSPS) is 10.7. The van der Waals surface area contributed by atoms with Crippen LogP contribution in [0.5, 0.6) is 0 Å². The summed E-state index contributed by atoms with van der Waals surface area (Å²) in [5, 5.41) is 1.63. The molecule has 1 heterocycles. The van der Waals surface area contributed by atoms with E-state index in [1.807, 2.05) is 48.7 Å². The second-order valence-corrected chi connectivity index (χ2v) is 6.47. The molecule has 0 radical (unpaired) electrons. The maximum atomic E-state index is 12.3. The number of carbonyl (C=O) groups is 1. The average molecular weight is 314 g/mol. The van der Waals surface area contributed by atoms with E-state index >= 15 is 0 Å². The number of ketones is 1. The molecule has 0 fully saturated rings. The molecule has 0 aliphatic carbocycles. The molecule has 0 unspecified atom stereocenters. The minimum absolute atomic E-state index is 0.205. The zero-order valence-electron chi connectivity index (χ0n) is 10.3. The molecule has 0 saturated carbocycles. The number of Topliss-reactive ketones (excluding diaryl/α,β-unsaturated/α-hetero) is 1. The van der Waals surface area contributed by atoms with E-state index in [9.17, 15) is 4.79 Å². The van der Waals surface area contributed by atoms with Crippen molar-refractivity contribution in [3.8, 4) is 0 Å². The molecule has 3 rings (SSSR count). The number of hydrogen-bond acceptors (Lipinski definition) is 1. The van der Waals surface area contributed by atoms with Gasteiger partial charge in [-0.25, -0.2) is 0 Å². The first-order valence-electron chi connectivity index (χ1n) is 6.12. The van der Waals surface area contributed by atoms with E-state index in [0.717, 1.165) is 16.5 Å². The van der Waals surface area contributed by atoms with Crippen LogP contribution in [0.2, 0.25) is 5.32 Å². The Labute approximate surface area is 118 Å². The number of fused-ring (bicyclic) bond motifs is 1. The van der Waals surface area contributed by atoms with Crippen molar-refractivity contribution in [3.05, 3.63) is 66.4 Å². The fourth-order valence-electron chi connectivity index (χ4n) is 2.05. The first-order valence-corrected chi connectivity index (χ1v) is 8.18. The van der Waals surface area contributed by atoms with E-state index in [0.29, 0.717) is 5.32 Å². The topological polar surface area (TPSA) is 32.9 Å². The van der Waals surface area contributed by atoms with Gasteiger partial charge in [0.25, 0.3) is 0 Å². The van der Waals surface area contributed by atoms with Crippen molar-refractivity contribution in [2.75, 3.05) is 0 Å². The summed E-state index contributed by atoms with van der Waals surface area (Å²) in [5.41, 5.74) is 1.84. The summed E-state index contributed by atoms with van der Waals surface area (Å²) in [7, 11) is 0. The van der Waals surface area contributed by atoms with E-state index in [1.165, 1.54) is 4.46 Å². The molecule has 3 heteroatoms. The van der Waals surface area contributed by atoms with Gasteiger partial charge in [0.1, 0.15) is 0 Å². The average Bonchev–Trinajstić information content (AvgIpc) is 2.90. The summed E-state index contributed by atoms with van der Waals surface area (Å²) in [4.78, 5) is 15.4. The summed E-state index contributed by atoms with van der Waals surface area (Å²) in [5.74, 6) is 0.223. The van der Waals surface area contributed by atoms with Crippen molar-refractivity contribution in [3.63, 3.8) is 0 Å². The van der Waals surface area contributed by atoms with E-state index in [2.05, 4.69) is 17.1 Å². The third kappa shape index (κ3) is 2.62.